The van der Waals surface area contributed by atoms with E-state index in [0.29, 0.717) is 11.3 Å². The minimum Gasteiger partial charge on any atom is -0.481 e. The summed E-state index contributed by atoms with van der Waals surface area (Å²) in [6.07, 6.45) is 0. The third-order valence-electron chi connectivity index (χ3n) is 6.90. The van der Waals surface area contributed by atoms with Crippen molar-refractivity contribution < 1.29 is 19.4 Å². The zero-order chi connectivity index (χ0) is 25.1. The molecule has 0 aliphatic heterocycles. The lowest BCUT2D eigenvalue weighted by Crippen LogP contribution is -2.52. The van der Waals surface area contributed by atoms with Gasteiger partial charge >= 0.3 is 11.9 Å². The average Bonchev–Trinajstić information content (AvgIpc) is 2.89. The van der Waals surface area contributed by atoms with Gasteiger partial charge in [-0.3, -0.25) is 9.59 Å². The maximum Gasteiger partial charge on any atom is 0.315 e. The molecule has 4 aromatic carbocycles. The summed E-state index contributed by atoms with van der Waals surface area (Å²) < 4.78 is 6.00. The smallest absolute Gasteiger partial charge is 0.315 e. The van der Waals surface area contributed by atoms with Gasteiger partial charge in [0.1, 0.15) is 5.75 Å². The van der Waals surface area contributed by atoms with Gasteiger partial charge in [-0.1, -0.05) is 91.0 Å². The normalized spacial score (nSPS) is 20.5. The molecule has 2 unspecified atom stereocenters. The molecule has 0 aromatic heterocycles. The number of benzene rings is 4. The molecular weight excluding hydrogens is 450 g/mol. The molecule has 0 saturated heterocycles. The van der Waals surface area contributed by atoms with E-state index in [4.69, 9.17) is 10.00 Å². The van der Waals surface area contributed by atoms with Crippen LogP contribution >= 0.6 is 0 Å². The highest BCUT2D eigenvalue weighted by molar-refractivity contribution is 5.87. The number of hydrogen-bond donors (Lipinski definition) is 1. The second-order valence-electron chi connectivity index (χ2n) is 8.87. The predicted octanol–water partition coefficient (Wildman–Crippen LogP) is 6.03. The Balaban J connectivity index is 1.52. The molecule has 5 rings (SSSR count). The van der Waals surface area contributed by atoms with E-state index in [9.17, 15) is 14.7 Å². The van der Waals surface area contributed by atoms with Crippen molar-refractivity contribution in [3.8, 4) is 22.9 Å². The summed E-state index contributed by atoms with van der Waals surface area (Å²) in [6.45, 7) is 0. The van der Waals surface area contributed by atoms with Gasteiger partial charge in [-0.05, 0) is 34.9 Å². The number of nitrogens with zero attached hydrogens (tertiary/aromatic N) is 1. The van der Waals surface area contributed by atoms with E-state index in [0.717, 1.165) is 22.3 Å². The van der Waals surface area contributed by atoms with Crippen LogP contribution in [0.15, 0.2) is 109 Å². The first-order valence-corrected chi connectivity index (χ1v) is 11.7. The summed E-state index contributed by atoms with van der Waals surface area (Å²) in [5, 5.41) is 19.3. The van der Waals surface area contributed by atoms with Gasteiger partial charge in [-0.2, -0.15) is 5.26 Å². The SMILES string of the molecule is N#Cc1ccc(-c2ccccc2OC(=O)C2C(c3ccccc3)[C@H](C(=O)O)[C@@H]2c2ccccc2)cc1. The summed E-state index contributed by atoms with van der Waals surface area (Å²) in [5.41, 5.74) is 3.68. The third kappa shape index (κ3) is 4.25. The van der Waals surface area contributed by atoms with E-state index in [1.54, 1.807) is 24.3 Å². The van der Waals surface area contributed by atoms with Crippen LogP contribution in [-0.4, -0.2) is 17.0 Å². The lowest BCUT2D eigenvalue weighted by Gasteiger charge is -2.49. The fourth-order valence-corrected chi connectivity index (χ4v) is 5.22. The van der Waals surface area contributed by atoms with E-state index in [2.05, 4.69) is 6.07 Å². The molecule has 5 nitrogen and oxygen atoms in total. The van der Waals surface area contributed by atoms with Crippen LogP contribution < -0.4 is 4.74 Å². The molecule has 1 fully saturated rings. The first-order valence-electron chi connectivity index (χ1n) is 11.7. The molecule has 0 spiro atoms. The van der Waals surface area contributed by atoms with Crippen LogP contribution in [0, 0.1) is 23.2 Å². The Labute approximate surface area is 209 Å². The molecule has 0 amide bonds. The maximum atomic E-state index is 13.8. The summed E-state index contributed by atoms with van der Waals surface area (Å²) >= 11 is 0. The van der Waals surface area contributed by atoms with E-state index in [-0.39, 0.29) is 0 Å². The monoisotopic (exact) mass is 473 g/mol. The number of carbonyl (C=O) groups is 2. The van der Waals surface area contributed by atoms with Gasteiger partial charge in [0, 0.05) is 17.4 Å². The maximum absolute atomic E-state index is 13.8. The molecule has 1 saturated carbocycles. The quantitative estimate of drug-likeness (QED) is 0.273. The minimum absolute atomic E-state index is 0.393. The highest BCUT2D eigenvalue weighted by Gasteiger charge is 2.59. The Kier molecular flexibility index (Phi) is 6.34. The van der Waals surface area contributed by atoms with Gasteiger partial charge in [-0.15, -0.1) is 0 Å². The first kappa shape index (κ1) is 23.1. The lowest BCUT2D eigenvalue weighted by molar-refractivity contribution is -0.158. The van der Waals surface area contributed by atoms with Crippen LogP contribution in [-0.2, 0) is 9.59 Å². The van der Waals surface area contributed by atoms with Crippen LogP contribution in [0.3, 0.4) is 0 Å². The van der Waals surface area contributed by atoms with Crippen molar-refractivity contribution in [1.29, 1.82) is 5.26 Å². The van der Waals surface area contributed by atoms with Gasteiger partial charge in [0.15, 0.2) is 0 Å². The number of para-hydroxylation sites is 1. The topological polar surface area (TPSA) is 87.4 Å². The fraction of sp³-hybridized carbons (Fsp3) is 0.129. The van der Waals surface area contributed by atoms with Crippen molar-refractivity contribution in [2.45, 2.75) is 11.8 Å². The van der Waals surface area contributed by atoms with Crippen LogP contribution in [0.4, 0.5) is 0 Å². The van der Waals surface area contributed by atoms with Gasteiger partial charge in [0.05, 0.1) is 23.5 Å². The molecular formula is C31H23NO4. The van der Waals surface area contributed by atoms with Crippen molar-refractivity contribution in [2.24, 2.45) is 11.8 Å². The van der Waals surface area contributed by atoms with Gasteiger partial charge in [-0.25, -0.2) is 0 Å². The Morgan fingerprint density at radius 1 is 0.694 bits per heavy atom. The Morgan fingerprint density at radius 2 is 1.22 bits per heavy atom. The van der Waals surface area contributed by atoms with Crippen molar-refractivity contribution in [3.63, 3.8) is 0 Å². The Bertz CT molecular complexity index is 1380. The number of carboxylic acid groups (broad SMARTS) is 1. The standard InChI is InChI=1S/C31H23NO4/c32-19-20-15-17-21(18-16-20)24-13-7-8-14-25(24)36-31(35)29-26(22-9-3-1-4-10-22)28(30(33)34)27(29)23-11-5-2-6-12-23/h1-18,26-29H,(H,33,34)/t26-,27?,28+,29?/m0/s1. The number of rotatable bonds is 6. The molecule has 1 aliphatic rings. The molecule has 0 radical (unpaired) electrons. The van der Waals surface area contributed by atoms with Crippen molar-refractivity contribution >= 4 is 11.9 Å². The molecule has 5 heteroatoms. The third-order valence-corrected chi connectivity index (χ3v) is 6.90. The second kappa shape index (κ2) is 9.89. The average molecular weight is 474 g/mol. The summed E-state index contributed by atoms with van der Waals surface area (Å²) in [7, 11) is 0. The van der Waals surface area contributed by atoms with Crippen LogP contribution in [0.25, 0.3) is 11.1 Å². The van der Waals surface area contributed by atoms with Crippen LogP contribution in [0.2, 0.25) is 0 Å². The van der Waals surface area contributed by atoms with E-state index in [1.807, 2.05) is 84.9 Å². The highest BCUT2D eigenvalue weighted by atomic mass is 16.5. The number of hydrogen-bond acceptors (Lipinski definition) is 4. The molecule has 1 aliphatic carbocycles. The van der Waals surface area contributed by atoms with Gasteiger partial charge in [0.2, 0.25) is 0 Å². The molecule has 1 N–H and O–H groups in total. The van der Waals surface area contributed by atoms with Crippen LogP contribution in [0.1, 0.15) is 28.5 Å². The number of ether oxygens (including phenoxy) is 1. The lowest BCUT2D eigenvalue weighted by atomic mass is 9.52. The predicted molar refractivity (Wildman–Crippen MR) is 135 cm³/mol. The molecule has 4 atom stereocenters. The van der Waals surface area contributed by atoms with Crippen molar-refractivity contribution in [2.75, 3.05) is 0 Å². The molecule has 4 aromatic rings. The summed E-state index contributed by atoms with van der Waals surface area (Å²) in [4.78, 5) is 26.1. The zero-order valence-corrected chi connectivity index (χ0v) is 19.3. The molecule has 36 heavy (non-hydrogen) atoms. The van der Waals surface area contributed by atoms with E-state index >= 15 is 0 Å². The van der Waals surface area contributed by atoms with Gasteiger partial charge < -0.3 is 9.84 Å². The van der Waals surface area contributed by atoms with Gasteiger partial charge in [0.25, 0.3) is 0 Å². The van der Waals surface area contributed by atoms with Crippen molar-refractivity contribution in [1.82, 2.24) is 0 Å². The number of carbonyl (C=O) groups excluding carboxylic acids is 1. The minimum atomic E-state index is -0.931. The molecule has 0 heterocycles. The molecule has 176 valence electrons. The summed E-state index contributed by atoms with van der Waals surface area (Å²) in [5.74, 6) is -3.43. The number of carboxylic acids is 1. The van der Waals surface area contributed by atoms with E-state index < -0.39 is 35.6 Å². The van der Waals surface area contributed by atoms with E-state index in [1.165, 1.54) is 0 Å². The fourth-order valence-electron chi connectivity index (χ4n) is 5.22. The van der Waals surface area contributed by atoms with Crippen molar-refractivity contribution in [3.05, 3.63) is 126 Å². The Morgan fingerprint density at radius 3 is 1.75 bits per heavy atom. The van der Waals surface area contributed by atoms with Crippen LogP contribution in [0.5, 0.6) is 5.75 Å². The number of nitriles is 1. The Hall–Kier alpha value is -4.69. The largest absolute Gasteiger partial charge is 0.481 e. The highest BCUT2D eigenvalue weighted by Crippen LogP contribution is 2.58. The second-order valence-corrected chi connectivity index (χ2v) is 8.87. The molecule has 0 bridgehead atoms. The first-order chi connectivity index (χ1) is 17.6. The number of aliphatic carboxylic acids is 1. The number of esters is 1. The zero-order valence-electron chi connectivity index (χ0n) is 19.3. The summed E-state index contributed by atoms with van der Waals surface area (Å²) in [6, 6.07) is 35.0.